The molecular formula is C19H22BrN3O5. The van der Waals surface area contributed by atoms with Gasteiger partial charge in [-0.05, 0) is 55.6 Å². The molecule has 2 aromatic heterocycles. The number of hydrogen-bond donors (Lipinski definition) is 1. The molecule has 0 aliphatic carbocycles. The number of likely N-dealkylation sites (tertiary alicyclic amines) is 1. The molecule has 28 heavy (non-hydrogen) atoms. The van der Waals surface area contributed by atoms with Crippen LogP contribution in [0, 0.1) is 0 Å². The molecule has 9 heteroatoms. The van der Waals surface area contributed by atoms with Gasteiger partial charge in [-0.2, -0.15) is 0 Å². The lowest BCUT2D eigenvalue weighted by molar-refractivity contribution is 0.0173. The molecule has 1 aliphatic heterocycles. The lowest BCUT2D eigenvalue weighted by Crippen LogP contribution is -2.43. The minimum atomic E-state index is -1.29. The maximum atomic E-state index is 12.5. The lowest BCUT2D eigenvalue weighted by atomic mass is 10.0. The number of nitrogens with zero attached hydrogens (tertiary/aromatic N) is 3. The number of carbonyl (C=O) groups is 2. The molecule has 1 unspecified atom stereocenters. The summed E-state index contributed by atoms with van der Waals surface area (Å²) >= 11 is 3.28. The van der Waals surface area contributed by atoms with Crippen molar-refractivity contribution in [3.05, 3.63) is 38.7 Å². The molecule has 0 spiro atoms. The Labute approximate surface area is 170 Å². The number of ether oxygens (including phenoxy) is 1. The first kappa shape index (κ1) is 20.3. The molecule has 2 aromatic rings. The van der Waals surface area contributed by atoms with Gasteiger partial charge < -0.3 is 19.3 Å². The molecule has 1 aliphatic rings. The summed E-state index contributed by atoms with van der Waals surface area (Å²) in [6, 6.07) is 1.36. The van der Waals surface area contributed by atoms with Gasteiger partial charge in [0.05, 0.1) is 11.4 Å². The molecule has 1 fully saturated rings. The number of pyridine rings is 2. The van der Waals surface area contributed by atoms with Gasteiger partial charge in [0.15, 0.2) is 0 Å². The number of aromatic carboxylic acids is 1. The molecule has 1 N–H and O–H groups in total. The second-order valence-electron chi connectivity index (χ2n) is 7.83. The highest BCUT2D eigenvalue weighted by atomic mass is 79.9. The van der Waals surface area contributed by atoms with Gasteiger partial charge >= 0.3 is 12.1 Å². The summed E-state index contributed by atoms with van der Waals surface area (Å²) in [7, 11) is 0. The Balaban J connectivity index is 2.03. The first-order valence-electron chi connectivity index (χ1n) is 8.98. The van der Waals surface area contributed by atoms with E-state index in [1.807, 2.05) is 20.8 Å². The Morgan fingerprint density at radius 2 is 2.07 bits per heavy atom. The van der Waals surface area contributed by atoms with Crippen molar-refractivity contribution in [3.63, 3.8) is 0 Å². The van der Waals surface area contributed by atoms with Crippen molar-refractivity contribution in [1.29, 1.82) is 0 Å². The van der Waals surface area contributed by atoms with E-state index in [4.69, 9.17) is 4.74 Å². The summed E-state index contributed by atoms with van der Waals surface area (Å²) in [4.78, 5) is 42.5. The average molecular weight is 452 g/mol. The molecule has 1 atom stereocenters. The number of halogens is 1. The van der Waals surface area contributed by atoms with Gasteiger partial charge in [0.2, 0.25) is 5.43 Å². The SMILES string of the molecule is CC(C)(C)OC(=O)N1CCCC(n2cc(C(=O)O)c(=O)c3cc(Br)cnc32)C1. The fourth-order valence-corrected chi connectivity index (χ4v) is 3.64. The van der Waals surface area contributed by atoms with E-state index in [9.17, 15) is 19.5 Å². The van der Waals surface area contributed by atoms with Crippen molar-refractivity contribution in [2.24, 2.45) is 0 Å². The normalized spacial score (nSPS) is 17.6. The Hall–Kier alpha value is -2.42. The van der Waals surface area contributed by atoms with Crippen molar-refractivity contribution in [2.75, 3.05) is 13.1 Å². The fourth-order valence-electron chi connectivity index (χ4n) is 3.31. The largest absolute Gasteiger partial charge is 0.477 e. The highest BCUT2D eigenvalue weighted by molar-refractivity contribution is 9.10. The third-order valence-corrected chi connectivity index (χ3v) is 4.94. The van der Waals surface area contributed by atoms with Crippen molar-refractivity contribution in [3.8, 4) is 0 Å². The summed E-state index contributed by atoms with van der Waals surface area (Å²) in [5, 5.41) is 9.68. The number of fused-ring (bicyclic) bond motifs is 1. The van der Waals surface area contributed by atoms with Crippen LogP contribution in [-0.4, -0.2) is 50.3 Å². The molecule has 1 amide bonds. The zero-order valence-corrected chi connectivity index (χ0v) is 17.5. The van der Waals surface area contributed by atoms with Crippen LogP contribution in [0.4, 0.5) is 4.79 Å². The molecule has 0 saturated carbocycles. The minimum absolute atomic E-state index is 0.212. The van der Waals surface area contributed by atoms with Crippen LogP contribution >= 0.6 is 15.9 Å². The van der Waals surface area contributed by atoms with Crippen LogP contribution in [0.15, 0.2) is 27.7 Å². The maximum absolute atomic E-state index is 12.5. The molecule has 3 heterocycles. The number of carboxylic acid groups (broad SMARTS) is 1. The Bertz CT molecular complexity index is 995. The van der Waals surface area contributed by atoms with Gasteiger partial charge in [-0.3, -0.25) is 4.79 Å². The van der Waals surface area contributed by atoms with Crippen LogP contribution in [0.1, 0.15) is 50.0 Å². The van der Waals surface area contributed by atoms with E-state index in [0.717, 1.165) is 12.8 Å². The molecule has 0 aromatic carbocycles. The number of carbonyl (C=O) groups excluding carboxylic acids is 1. The Morgan fingerprint density at radius 1 is 1.36 bits per heavy atom. The molecule has 3 rings (SSSR count). The van der Waals surface area contributed by atoms with E-state index < -0.39 is 23.1 Å². The number of hydrogen-bond acceptors (Lipinski definition) is 5. The quantitative estimate of drug-likeness (QED) is 0.749. The highest BCUT2D eigenvalue weighted by Gasteiger charge is 2.30. The van der Waals surface area contributed by atoms with Gasteiger partial charge in [-0.25, -0.2) is 14.6 Å². The third kappa shape index (κ3) is 4.19. The van der Waals surface area contributed by atoms with Gasteiger partial charge in [0.25, 0.3) is 0 Å². The Morgan fingerprint density at radius 3 is 2.71 bits per heavy atom. The van der Waals surface area contributed by atoms with Gasteiger partial charge in [-0.1, -0.05) is 0 Å². The number of piperidine rings is 1. The van der Waals surface area contributed by atoms with Gasteiger partial charge in [-0.15, -0.1) is 0 Å². The van der Waals surface area contributed by atoms with Gasteiger partial charge in [0.1, 0.15) is 16.8 Å². The summed E-state index contributed by atoms with van der Waals surface area (Å²) in [5.41, 5.74) is -1.10. The van der Waals surface area contributed by atoms with Gasteiger partial charge in [0, 0.05) is 30.0 Å². The van der Waals surface area contributed by atoms with Crippen LogP contribution in [0.3, 0.4) is 0 Å². The van der Waals surface area contributed by atoms with Crippen LogP contribution in [0.2, 0.25) is 0 Å². The third-order valence-electron chi connectivity index (χ3n) is 4.51. The first-order valence-corrected chi connectivity index (χ1v) is 9.78. The molecule has 1 saturated heterocycles. The molecule has 150 valence electrons. The minimum Gasteiger partial charge on any atom is -0.477 e. The standard InChI is InChI=1S/C19H22BrN3O5/c1-19(2,3)28-18(27)22-6-4-5-12(9-22)23-10-14(17(25)26)15(24)13-7-11(20)8-21-16(13)23/h7-8,10,12H,4-6,9H2,1-3H3,(H,25,26). The predicted molar refractivity (Wildman–Crippen MR) is 107 cm³/mol. The van der Waals surface area contributed by atoms with E-state index in [0.29, 0.717) is 23.2 Å². The molecular weight excluding hydrogens is 430 g/mol. The molecule has 8 nitrogen and oxygen atoms in total. The number of carboxylic acids is 1. The number of aromatic nitrogens is 2. The zero-order valence-electron chi connectivity index (χ0n) is 15.9. The predicted octanol–water partition coefficient (Wildman–Crippen LogP) is 3.43. The summed E-state index contributed by atoms with van der Waals surface area (Å²) in [6.45, 7) is 6.34. The monoisotopic (exact) mass is 451 g/mol. The van der Waals surface area contributed by atoms with E-state index in [1.54, 1.807) is 21.7 Å². The zero-order chi connectivity index (χ0) is 20.6. The lowest BCUT2D eigenvalue weighted by Gasteiger charge is -2.35. The van der Waals surface area contributed by atoms with Crippen molar-refractivity contribution < 1.29 is 19.4 Å². The maximum Gasteiger partial charge on any atom is 0.410 e. The summed E-state index contributed by atoms with van der Waals surface area (Å²) < 4.78 is 7.74. The smallest absolute Gasteiger partial charge is 0.410 e. The molecule has 0 radical (unpaired) electrons. The molecule has 0 bridgehead atoms. The van der Waals surface area contributed by atoms with Crippen LogP contribution in [-0.2, 0) is 4.74 Å². The summed E-state index contributed by atoms with van der Waals surface area (Å²) in [5.74, 6) is -1.29. The van der Waals surface area contributed by atoms with Crippen LogP contribution in [0.25, 0.3) is 11.0 Å². The van der Waals surface area contributed by atoms with Crippen molar-refractivity contribution in [2.45, 2.75) is 45.3 Å². The van der Waals surface area contributed by atoms with E-state index in [2.05, 4.69) is 20.9 Å². The number of rotatable bonds is 2. The van der Waals surface area contributed by atoms with Crippen molar-refractivity contribution in [1.82, 2.24) is 14.5 Å². The second kappa shape index (κ2) is 7.54. The average Bonchev–Trinajstić information content (AvgIpc) is 2.61. The van der Waals surface area contributed by atoms with E-state index in [1.165, 1.54) is 6.20 Å². The van der Waals surface area contributed by atoms with E-state index >= 15 is 0 Å². The number of amides is 1. The van der Waals surface area contributed by atoms with Crippen LogP contribution in [0.5, 0.6) is 0 Å². The van der Waals surface area contributed by atoms with Crippen molar-refractivity contribution >= 4 is 39.0 Å². The second-order valence-corrected chi connectivity index (χ2v) is 8.75. The Kier molecular flexibility index (Phi) is 5.47. The van der Waals surface area contributed by atoms with E-state index in [-0.39, 0.29) is 17.0 Å². The highest BCUT2D eigenvalue weighted by Crippen LogP contribution is 2.26. The fraction of sp³-hybridized carbons (Fsp3) is 0.474. The topological polar surface area (TPSA) is 102 Å². The van der Waals surface area contributed by atoms with Crippen LogP contribution < -0.4 is 5.43 Å². The summed E-state index contributed by atoms with van der Waals surface area (Å²) in [6.07, 6.45) is 3.95. The first-order chi connectivity index (χ1) is 13.1.